The summed E-state index contributed by atoms with van der Waals surface area (Å²) in [6.07, 6.45) is 0.716. The minimum absolute atomic E-state index is 0.273. The molecule has 0 spiro atoms. The second kappa shape index (κ2) is 3.82. The van der Waals surface area contributed by atoms with Gasteiger partial charge in [-0.05, 0) is 0 Å². The number of nitrogens with two attached hydrogens (primary N) is 1. The van der Waals surface area contributed by atoms with Gasteiger partial charge in [0.15, 0.2) is 0 Å². The fourth-order valence-corrected chi connectivity index (χ4v) is 0.712. The molecule has 0 saturated heterocycles. The van der Waals surface area contributed by atoms with Crippen LogP contribution in [0, 0.1) is 0 Å². The van der Waals surface area contributed by atoms with Gasteiger partial charge in [0.2, 0.25) is 5.95 Å². The maximum Gasteiger partial charge on any atom is 0.321 e. The number of methoxy groups -OCH3 is 1. The van der Waals surface area contributed by atoms with Crippen LogP contribution in [0.15, 0.2) is 0 Å². The summed E-state index contributed by atoms with van der Waals surface area (Å²) in [6, 6.07) is 0.273. The first kappa shape index (κ1) is 8.66. The highest BCUT2D eigenvalue weighted by atomic mass is 16.5. The highest BCUT2D eigenvalue weighted by Crippen LogP contribution is 2.05. The molecule has 0 aliphatic heterocycles. The van der Waals surface area contributed by atoms with Gasteiger partial charge in [-0.15, -0.1) is 0 Å². The number of anilines is 1. The average molecular weight is 169 g/mol. The zero-order valence-electron chi connectivity index (χ0n) is 7.03. The SMILES string of the molecule is CCc1nc(NN)nc(OC)n1. The van der Waals surface area contributed by atoms with E-state index in [-0.39, 0.29) is 6.01 Å². The van der Waals surface area contributed by atoms with Crippen LogP contribution in [0.2, 0.25) is 0 Å². The summed E-state index contributed by atoms with van der Waals surface area (Å²) in [5.41, 5.74) is 2.33. The molecule has 0 unspecified atom stereocenters. The Morgan fingerprint density at radius 1 is 1.42 bits per heavy atom. The van der Waals surface area contributed by atoms with E-state index in [2.05, 4.69) is 20.4 Å². The molecule has 12 heavy (non-hydrogen) atoms. The second-order valence-corrected chi connectivity index (χ2v) is 2.06. The van der Waals surface area contributed by atoms with Crippen LogP contribution in [-0.4, -0.2) is 22.1 Å². The van der Waals surface area contributed by atoms with E-state index in [1.807, 2.05) is 6.92 Å². The normalized spacial score (nSPS) is 9.58. The topological polar surface area (TPSA) is 86.0 Å². The molecule has 1 heterocycles. The number of hydrogen-bond donors (Lipinski definition) is 2. The molecule has 0 atom stereocenters. The van der Waals surface area contributed by atoms with E-state index in [1.54, 1.807) is 0 Å². The van der Waals surface area contributed by atoms with Crippen molar-refractivity contribution in [3.63, 3.8) is 0 Å². The van der Waals surface area contributed by atoms with E-state index >= 15 is 0 Å². The van der Waals surface area contributed by atoms with Crippen LogP contribution < -0.4 is 16.0 Å². The molecule has 1 aromatic heterocycles. The quantitative estimate of drug-likeness (QED) is 0.478. The van der Waals surface area contributed by atoms with Crippen molar-refractivity contribution in [1.29, 1.82) is 0 Å². The van der Waals surface area contributed by atoms with Crippen molar-refractivity contribution >= 4 is 5.95 Å². The summed E-state index contributed by atoms with van der Waals surface area (Å²) in [5, 5.41) is 0. The van der Waals surface area contributed by atoms with Crippen LogP contribution in [0.5, 0.6) is 6.01 Å². The molecule has 3 N–H and O–H groups in total. The van der Waals surface area contributed by atoms with E-state index in [4.69, 9.17) is 10.6 Å². The van der Waals surface area contributed by atoms with E-state index < -0.39 is 0 Å². The molecule has 6 heteroatoms. The number of hydrazine groups is 1. The van der Waals surface area contributed by atoms with Gasteiger partial charge in [0.25, 0.3) is 0 Å². The predicted octanol–water partition coefficient (Wildman–Crippen LogP) is -0.272. The molecule has 0 aliphatic rings. The number of hydrogen-bond acceptors (Lipinski definition) is 6. The van der Waals surface area contributed by atoms with Crippen LogP contribution in [0.25, 0.3) is 0 Å². The molecule has 0 bridgehead atoms. The number of nitrogen functional groups attached to an aromatic ring is 1. The molecule has 0 aliphatic carbocycles. The summed E-state index contributed by atoms with van der Waals surface area (Å²) in [7, 11) is 1.50. The Balaban J connectivity index is 3.01. The van der Waals surface area contributed by atoms with Gasteiger partial charge in [-0.25, -0.2) is 5.84 Å². The lowest BCUT2D eigenvalue weighted by Crippen LogP contribution is -2.13. The molecule has 0 saturated carbocycles. The number of aromatic nitrogens is 3. The third-order valence-corrected chi connectivity index (χ3v) is 1.29. The molecular formula is C6H11N5O. The minimum atomic E-state index is 0.273. The zero-order chi connectivity index (χ0) is 8.97. The van der Waals surface area contributed by atoms with Gasteiger partial charge in [-0.1, -0.05) is 6.92 Å². The fourth-order valence-electron chi connectivity index (χ4n) is 0.712. The van der Waals surface area contributed by atoms with Gasteiger partial charge in [-0.3, -0.25) is 5.43 Å². The molecule has 6 nitrogen and oxygen atoms in total. The number of rotatable bonds is 3. The third kappa shape index (κ3) is 1.79. The van der Waals surface area contributed by atoms with Gasteiger partial charge in [0.1, 0.15) is 5.82 Å². The van der Waals surface area contributed by atoms with Gasteiger partial charge in [0.05, 0.1) is 7.11 Å². The second-order valence-electron chi connectivity index (χ2n) is 2.06. The van der Waals surface area contributed by atoms with Gasteiger partial charge in [-0.2, -0.15) is 15.0 Å². The number of nitrogens with one attached hydrogen (secondary N) is 1. The Morgan fingerprint density at radius 3 is 2.67 bits per heavy atom. The highest BCUT2D eigenvalue weighted by Gasteiger charge is 2.02. The van der Waals surface area contributed by atoms with Crippen molar-refractivity contribution < 1.29 is 4.74 Å². The lowest BCUT2D eigenvalue weighted by Gasteiger charge is -2.02. The van der Waals surface area contributed by atoms with E-state index in [0.717, 1.165) is 0 Å². The molecule has 0 amide bonds. The van der Waals surface area contributed by atoms with Crippen LogP contribution in [0.1, 0.15) is 12.7 Å². The number of ether oxygens (including phenoxy) is 1. The maximum atomic E-state index is 5.14. The summed E-state index contributed by atoms with van der Waals surface area (Å²) in [6.45, 7) is 1.94. The van der Waals surface area contributed by atoms with Crippen molar-refractivity contribution in [2.75, 3.05) is 12.5 Å². The zero-order valence-corrected chi connectivity index (χ0v) is 7.03. The molecule has 1 rings (SSSR count). The van der Waals surface area contributed by atoms with Crippen LogP contribution in [0.3, 0.4) is 0 Å². The Bertz CT molecular complexity index is 209. The molecular weight excluding hydrogens is 158 g/mol. The van der Waals surface area contributed by atoms with Crippen LogP contribution in [-0.2, 0) is 6.42 Å². The third-order valence-electron chi connectivity index (χ3n) is 1.29. The van der Waals surface area contributed by atoms with Crippen molar-refractivity contribution in [2.24, 2.45) is 5.84 Å². The van der Waals surface area contributed by atoms with Crippen molar-refractivity contribution in [3.05, 3.63) is 5.82 Å². The molecule has 0 aromatic carbocycles. The molecule has 0 radical (unpaired) electrons. The minimum Gasteiger partial charge on any atom is -0.467 e. The molecule has 0 fully saturated rings. The lowest BCUT2D eigenvalue weighted by atomic mass is 10.5. The standard InChI is InChI=1S/C6H11N5O/c1-3-4-8-5(11-7)10-6(9-4)12-2/h3,7H2,1-2H3,(H,8,9,10,11). The Kier molecular flexibility index (Phi) is 2.76. The molecule has 66 valence electrons. The van der Waals surface area contributed by atoms with Gasteiger partial charge in [0, 0.05) is 6.42 Å². The summed E-state index contributed by atoms with van der Waals surface area (Å²) in [5.74, 6) is 6.10. The summed E-state index contributed by atoms with van der Waals surface area (Å²) < 4.78 is 4.84. The summed E-state index contributed by atoms with van der Waals surface area (Å²) in [4.78, 5) is 11.8. The molecule has 1 aromatic rings. The number of nitrogens with zero attached hydrogens (tertiary/aromatic N) is 3. The fraction of sp³-hybridized carbons (Fsp3) is 0.500. The first-order valence-corrected chi connectivity index (χ1v) is 3.55. The Labute approximate surface area is 70.2 Å². The highest BCUT2D eigenvalue weighted by molar-refractivity contribution is 5.23. The van der Waals surface area contributed by atoms with Crippen LogP contribution >= 0.6 is 0 Å². The number of aryl methyl sites for hydroxylation is 1. The Hall–Kier alpha value is -1.43. The monoisotopic (exact) mass is 169 g/mol. The average Bonchev–Trinajstić information content (AvgIpc) is 2.16. The smallest absolute Gasteiger partial charge is 0.321 e. The largest absolute Gasteiger partial charge is 0.467 e. The van der Waals surface area contributed by atoms with Crippen molar-refractivity contribution in [3.8, 4) is 6.01 Å². The lowest BCUT2D eigenvalue weighted by molar-refractivity contribution is 0.376. The van der Waals surface area contributed by atoms with E-state index in [9.17, 15) is 0 Å². The summed E-state index contributed by atoms with van der Waals surface area (Å²) >= 11 is 0. The van der Waals surface area contributed by atoms with Gasteiger partial charge >= 0.3 is 6.01 Å². The first-order valence-electron chi connectivity index (χ1n) is 3.55. The van der Waals surface area contributed by atoms with Crippen molar-refractivity contribution in [1.82, 2.24) is 15.0 Å². The van der Waals surface area contributed by atoms with Crippen molar-refractivity contribution in [2.45, 2.75) is 13.3 Å². The predicted molar refractivity (Wildman–Crippen MR) is 43.6 cm³/mol. The van der Waals surface area contributed by atoms with Gasteiger partial charge < -0.3 is 4.74 Å². The Morgan fingerprint density at radius 2 is 2.17 bits per heavy atom. The first-order chi connectivity index (χ1) is 5.80. The van der Waals surface area contributed by atoms with E-state index in [0.29, 0.717) is 18.2 Å². The van der Waals surface area contributed by atoms with E-state index in [1.165, 1.54) is 7.11 Å². The van der Waals surface area contributed by atoms with Crippen LogP contribution in [0.4, 0.5) is 5.95 Å². The maximum absolute atomic E-state index is 5.14.